The Balaban J connectivity index is 3.08. The fraction of sp³-hybridized carbons (Fsp3) is 0.300. The minimum Gasteiger partial charge on any atom is -0.395 e. The molecule has 1 rings (SSSR count). The molecule has 0 aliphatic carbocycles. The molecule has 1 radical (unpaired) electrons. The minimum atomic E-state index is 0.108. The molecule has 1 aromatic carbocycles. The molecule has 0 saturated carbocycles. The number of benzene rings is 1. The lowest BCUT2D eigenvalue weighted by molar-refractivity contribution is 0.314. The molecule has 0 aliphatic rings. The SMILES string of the molecule is CSc1cccc([C](C)CO)c1Br. The highest BCUT2D eigenvalue weighted by Gasteiger charge is 2.10. The first-order valence-electron chi connectivity index (χ1n) is 3.97. The van der Waals surface area contributed by atoms with Gasteiger partial charge in [0.15, 0.2) is 0 Å². The van der Waals surface area contributed by atoms with Crippen LogP contribution in [-0.2, 0) is 0 Å². The quantitative estimate of drug-likeness (QED) is 0.843. The molecule has 0 atom stereocenters. The molecule has 1 N–H and O–H groups in total. The fourth-order valence-corrected chi connectivity index (χ4v) is 2.68. The van der Waals surface area contributed by atoms with Crippen molar-refractivity contribution >= 4 is 27.7 Å². The zero-order valence-electron chi connectivity index (χ0n) is 7.67. The molecule has 71 valence electrons. The Morgan fingerprint density at radius 1 is 1.54 bits per heavy atom. The van der Waals surface area contributed by atoms with Gasteiger partial charge in [-0.1, -0.05) is 19.1 Å². The third-order valence-corrected chi connectivity index (χ3v) is 3.78. The smallest absolute Gasteiger partial charge is 0.0535 e. The average molecular weight is 260 g/mol. The molecular weight excluding hydrogens is 248 g/mol. The van der Waals surface area contributed by atoms with Gasteiger partial charge in [0.2, 0.25) is 0 Å². The molecule has 3 heteroatoms. The summed E-state index contributed by atoms with van der Waals surface area (Å²) in [6, 6.07) is 6.07. The van der Waals surface area contributed by atoms with E-state index in [1.807, 2.05) is 25.3 Å². The zero-order valence-corrected chi connectivity index (χ0v) is 10.1. The van der Waals surface area contributed by atoms with E-state index in [2.05, 4.69) is 22.0 Å². The third-order valence-electron chi connectivity index (χ3n) is 1.88. The van der Waals surface area contributed by atoms with Crippen LogP contribution in [0.4, 0.5) is 0 Å². The maximum Gasteiger partial charge on any atom is 0.0535 e. The third kappa shape index (κ3) is 2.48. The van der Waals surface area contributed by atoms with Crippen LogP contribution in [0.1, 0.15) is 12.5 Å². The molecule has 1 nitrogen and oxygen atoms in total. The monoisotopic (exact) mass is 259 g/mol. The van der Waals surface area contributed by atoms with Crippen LogP contribution in [-0.4, -0.2) is 18.0 Å². The van der Waals surface area contributed by atoms with Gasteiger partial charge in [0.05, 0.1) is 6.61 Å². The van der Waals surface area contributed by atoms with E-state index < -0.39 is 0 Å². The maximum atomic E-state index is 9.01. The number of halogens is 1. The van der Waals surface area contributed by atoms with Crippen molar-refractivity contribution in [2.45, 2.75) is 11.8 Å². The number of hydrogen-bond acceptors (Lipinski definition) is 2. The molecule has 1 aromatic rings. The Kier molecular flexibility index (Phi) is 4.29. The Labute approximate surface area is 91.7 Å². The van der Waals surface area contributed by atoms with Crippen LogP contribution in [0.25, 0.3) is 0 Å². The van der Waals surface area contributed by atoms with Gasteiger partial charge in [-0.15, -0.1) is 11.8 Å². The summed E-state index contributed by atoms with van der Waals surface area (Å²) < 4.78 is 1.08. The number of aliphatic hydroxyl groups excluding tert-OH is 1. The molecule has 0 bridgehead atoms. The fourth-order valence-electron chi connectivity index (χ4n) is 1.08. The molecule has 0 spiro atoms. The summed E-state index contributed by atoms with van der Waals surface area (Å²) >= 11 is 5.23. The van der Waals surface area contributed by atoms with Crippen molar-refractivity contribution in [3.8, 4) is 0 Å². The van der Waals surface area contributed by atoms with Crippen LogP contribution in [0.15, 0.2) is 27.6 Å². The van der Waals surface area contributed by atoms with Crippen LogP contribution in [0.3, 0.4) is 0 Å². The first-order chi connectivity index (χ1) is 6.20. The minimum absolute atomic E-state index is 0.108. The molecule has 13 heavy (non-hydrogen) atoms. The van der Waals surface area contributed by atoms with Gasteiger partial charge in [-0.25, -0.2) is 0 Å². The predicted molar refractivity (Wildman–Crippen MR) is 61.0 cm³/mol. The van der Waals surface area contributed by atoms with Gasteiger partial charge in [0, 0.05) is 15.3 Å². The van der Waals surface area contributed by atoms with Crippen LogP contribution >= 0.6 is 27.7 Å². The molecule has 0 amide bonds. The standard InChI is InChI=1S/C10H12BrOS/c1-7(6-12)8-4-3-5-9(13-2)10(8)11/h3-5,12H,6H2,1-2H3. The topological polar surface area (TPSA) is 20.2 Å². The second-order valence-corrected chi connectivity index (χ2v) is 4.40. The van der Waals surface area contributed by atoms with E-state index in [1.165, 1.54) is 4.90 Å². The lowest BCUT2D eigenvalue weighted by Crippen LogP contribution is -2.01. The lowest BCUT2D eigenvalue weighted by Gasteiger charge is -2.12. The molecule has 0 fully saturated rings. The van der Waals surface area contributed by atoms with Crippen molar-refractivity contribution < 1.29 is 5.11 Å². The van der Waals surface area contributed by atoms with Crippen LogP contribution in [0.5, 0.6) is 0 Å². The molecule has 0 saturated heterocycles. The van der Waals surface area contributed by atoms with Crippen LogP contribution in [0, 0.1) is 5.92 Å². The lowest BCUT2D eigenvalue weighted by atomic mass is 10.0. The van der Waals surface area contributed by atoms with Gasteiger partial charge in [0.1, 0.15) is 0 Å². The van der Waals surface area contributed by atoms with Crippen LogP contribution in [0.2, 0.25) is 0 Å². The highest BCUT2D eigenvalue weighted by molar-refractivity contribution is 9.10. The summed E-state index contributed by atoms with van der Waals surface area (Å²) in [4.78, 5) is 1.20. The summed E-state index contributed by atoms with van der Waals surface area (Å²) in [7, 11) is 0. The maximum absolute atomic E-state index is 9.01. The second kappa shape index (κ2) is 5.03. The van der Waals surface area contributed by atoms with E-state index >= 15 is 0 Å². The first-order valence-corrected chi connectivity index (χ1v) is 5.98. The average Bonchev–Trinajstić information content (AvgIpc) is 2.17. The van der Waals surface area contributed by atoms with E-state index in [0.717, 1.165) is 16.0 Å². The number of rotatable bonds is 3. The number of aliphatic hydroxyl groups is 1. The summed E-state index contributed by atoms with van der Waals surface area (Å²) in [5.41, 5.74) is 1.09. The Morgan fingerprint density at radius 3 is 2.77 bits per heavy atom. The van der Waals surface area contributed by atoms with E-state index in [0.29, 0.717) is 0 Å². The number of thioether (sulfide) groups is 1. The van der Waals surface area contributed by atoms with E-state index in [4.69, 9.17) is 5.11 Å². The molecule has 0 aliphatic heterocycles. The molecule has 0 unspecified atom stereocenters. The Hall–Kier alpha value is 0.01000. The highest BCUT2D eigenvalue weighted by atomic mass is 79.9. The largest absolute Gasteiger partial charge is 0.395 e. The first kappa shape index (κ1) is 11.1. The van der Waals surface area contributed by atoms with Gasteiger partial charge in [-0.3, -0.25) is 0 Å². The van der Waals surface area contributed by atoms with Crippen molar-refractivity contribution in [3.05, 3.63) is 34.2 Å². The van der Waals surface area contributed by atoms with Crippen molar-refractivity contribution in [2.75, 3.05) is 12.9 Å². The van der Waals surface area contributed by atoms with Gasteiger partial charge < -0.3 is 5.11 Å². The summed E-state index contributed by atoms with van der Waals surface area (Å²) in [6.45, 7) is 2.04. The molecule has 0 heterocycles. The predicted octanol–water partition coefficient (Wildman–Crippen LogP) is 3.11. The van der Waals surface area contributed by atoms with Crippen molar-refractivity contribution in [2.24, 2.45) is 0 Å². The van der Waals surface area contributed by atoms with Gasteiger partial charge in [-0.2, -0.15) is 0 Å². The summed E-state index contributed by atoms with van der Waals surface area (Å²) in [5, 5.41) is 9.01. The van der Waals surface area contributed by atoms with E-state index in [9.17, 15) is 0 Å². The second-order valence-electron chi connectivity index (χ2n) is 2.76. The van der Waals surface area contributed by atoms with Gasteiger partial charge in [-0.05, 0) is 33.8 Å². The van der Waals surface area contributed by atoms with Crippen molar-refractivity contribution in [1.82, 2.24) is 0 Å². The van der Waals surface area contributed by atoms with Crippen LogP contribution < -0.4 is 0 Å². The van der Waals surface area contributed by atoms with Gasteiger partial charge in [0.25, 0.3) is 0 Å². The number of hydrogen-bond donors (Lipinski definition) is 1. The highest BCUT2D eigenvalue weighted by Crippen LogP contribution is 2.32. The molecular formula is C10H12BrOS. The van der Waals surface area contributed by atoms with Crippen molar-refractivity contribution in [3.63, 3.8) is 0 Å². The zero-order chi connectivity index (χ0) is 9.84. The Morgan fingerprint density at radius 2 is 2.23 bits per heavy atom. The summed E-state index contributed by atoms with van der Waals surface area (Å²) in [6.07, 6.45) is 2.04. The summed E-state index contributed by atoms with van der Waals surface area (Å²) in [5.74, 6) is 0.989. The van der Waals surface area contributed by atoms with Crippen molar-refractivity contribution in [1.29, 1.82) is 0 Å². The normalized spacial score (nSPS) is 10.8. The van der Waals surface area contributed by atoms with E-state index in [-0.39, 0.29) is 6.61 Å². The molecule has 0 aromatic heterocycles. The van der Waals surface area contributed by atoms with Gasteiger partial charge >= 0.3 is 0 Å². The Bertz CT molecular complexity index is 288. The van der Waals surface area contributed by atoms with E-state index in [1.54, 1.807) is 11.8 Å².